The molecule has 1 amide bonds. The fourth-order valence-electron chi connectivity index (χ4n) is 3.84. The molecule has 0 saturated carbocycles. The van der Waals surface area contributed by atoms with Crippen molar-refractivity contribution in [3.8, 4) is 0 Å². The van der Waals surface area contributed by atoms with Gasteiger partial charge < -0.3 is 9.32 Å². The van der Waals surface area contributed by atoms with E-state index in [9.17, 15) is 18.0 Å². The molecule has 6 nitrogen and oxygen atoms in total. The average molecular weight is 426 g/mol. The molecule has 3 aromatic rings. The first kappa shape index (κ1) is 20.3. The summed E-state index contributed by atoms with van der Waals surface area (Å²) in [4.78, 5) is 27.5. The van der Waals surface area contributed by atoms with E-state index in [1.165, 1.54) is 11.0 Å². The van der Waals surface area contributed by atoms with Crippen LogP contribution in [0.5, 0.6) is 0 Å². The predicted molar refractivity (Wildman–Crippen MR) is 115 cm³/mol. The maximum atomic E-state index is 13.4. The molecule has 1 fully saturated rings. The third-order valence-electron chi connectivity index (χ3n) is 5.55. The first-order valence-electron chi connectivity index (χ1n) is 9.84. The summed E-state index contributed by atoms with van der Waals surface area (Å²) in [5.41, 5.74) is 2.82. The SMILES string of the molecule is Cc1ccc(CN(C(=O)c2cc(=O)c3cccc(C)c3o2)C2CCS(=O)(=O)C2)cc1. The van der Waals surface area contributed by atoms with E-state index in [4.69, 9.17) is 4.42 Å². The van der Waals surface area contributed by atoms with E-state index in [-0.39, 0.29) is 29.2 Å². The molecule has 1 atom stereocenters. The number of fused-ring (bicyclic) bond motifs is 1. The van der Waals surface area contributed by atoms with Gasteiger partial charge in [0.25, 0.3) is 5.91 Å². The van der Waals surface area contributed by atoms with E-state index in [1.54, 1.807) is 12.1 Å². The molecule has 0 spiro atoms. The summed E-state index contributed by atoms with van der Waals surface area (Å²) in [5, 5.41) is 0.417. The van der Waals surface area contributed by atoms with Gasteiger partial charge in [-0.2, -0.15) is 0 Å². The van der Waals surface area contributed by atoms with Crippen LogP contribution in [0.15, 0.2) is 57.7 Å². The Morgan fingerprint density at radius 2 is 1.87 bits per heavy atom. The molecule has 156 valence electrons. The summed E-state index contributed by atoms with van der Waals surface area (Å²) >= 11 is 0. The van der Waals surface area contributed by atoms with Crippen molar-refractivity contribution in [2.24, 2.45) is 0 Å². The Morgan fingerprint density at radius 1 is 1.13 bits per heavy atom. The molecule has 1 aromatic heterocycles. The molecular weight excluding hydrogens is 402 g/mol. The fourth-order valence-corrected chi connectivity index (χ4v) is 5.57. The van der Waals surface area contributed by atoms with Crippen LogP contribution in [0.4, 0.5) is 0 Å². The van der Waals surface area contributed by atoms with Crippen molar-refractivity contribution in [1.29, 1.82) is 0 Å². The zero-order valence-electron chi connectivity index (χ0n) is 16.9. The normalized spacial score (nSPS) is 17.9. The lowest BCUT2D eigenvalue weighted by molar-refractivity contribution is 0.0648. The maximum absolute atomic E-state index is 13.4. The second-order valence-corrected chi connectivity index (χ2v) is 10.1. The highest BCUT2D eigenvalue weighted by Gasteiger charge is 2.36. The van der Waals surface area contributed by atoms with Gasteiger partial charge in [0.15, 0.2) is 21.0 Å². The van der Waals surface area contributed by atoms with Crippen molar-refractivity contribution in [3.63, 3.8) is 0 Å². The minimum atomic E-state index is -3.19. The van der Waals surface area contributed by atoms with Gasteiger partial charge in [-0.3, -0.25) is 9.59 Å². The van der Waals surface area contributed by atoms with Crippen LogP contribution in [-0.4, -0.2) is 36.8 Å². The number of hydrogen-bond donors (Lipinski definition) is 0. The van der Waals surface area contributed by atoms with Gasteiger partial charge in [-0.25, -0.2) is 8.42 Å². The van der Waals surface area contributed by atoms with E-state index >= 15 is 0 Å². The summed E-state index contributed by atoms with van der Waals surface area (Å²) < 4.78 is 30.0. The van der Waals surface area contributed by atoms with Gasteiger partial charge in [0.1, 0.15) is 5.58 Å². The molecule has 0 aliphatic carbocycles. The Hall–Kier alpha value is -2.93. The third-order valence-corrected chi connectivity index (χ3v) is 7.30. The molecule has 2 heterocycles. The second-order valence-electron chi connectivity index (χ2n) is 7.90. The Morgan fingerprint density at radius 3 is 2.53 bits per heavy atom. The molecule has 0 radical (unpaired) electrons. The molecule has 1 unspecified atom stereocenters. The topological polar surface area (TPSA) is 84.7 Å². The van der Waals surface area contributed by atoms with Crippen LogP contribution in [-0.2, 0) is 16.4 Å². The van der Waals surface area contributed by atoms with Crippen molar-refractivity contribution < 1.29 is 17.6 Å². The van der Waals surface area contributed by atoms with Gasteiger partial charge in [-0.05, 0) is 37.5 Å². The Labute approximate surface area is 175 Å². The molecule has 30 heavy (non-hydrogen) atoms. The minimum absolute atomic E-state index is 0.0517. The van der Waals surface area contributed by atoms with Crippen LogP contribution in [0.1, 0.15) is 33.7 Å². The van der Waals surface area contributed by atoms with Crippen molar-refractivity contribution in [2.45, 2.75) is 32.9 Å². The van der Waals surface area contributed by atoms with E-state index in [0.717, 1.165) is 16.7 Å². The lowest BCUT2D eigenvalue weighted by atomic mass is 10.1. The van der Waals surface area contributed by atoms with E-state index in [2.05, 4.69) is 0 Å². The van der Waals surface area contributed by atoms with Crippen LogP contribution < -0.4 is 5.43 Å². The lowest BCUT2D eigenvalue weighted by Gasteiger charge is -2.28. The summed E-state index contributed by atoms with van der Waals surface area (Å²) in [7, 11) is -3.19. The number of rotatable bonds is 4. The Kier molecular flexibility index (Phi) is 5.24. The van der Waals surface area contributed by atoms with Crippen LogP contribution in [0.2, 0.25) is 0 Å². The molecule has 0 bridgehead atoms. The number of amides is 1. The second kappa shape index (κ2) is 7.72. The smallest absolute Gasteiger partial charge is 0.290 e. The molecule has 0 N–H and O–H groups in total. The van der Waals surface area contributed by atoms with Crippen molar-refractivity contribution in [1.82, 2.24) is 4.90 Å². The molecule has 2 aromatic carbocycles. The summed E-state index contributed by atoms with van der Waals surface area (Å²) in [6.45, 7) is 4.03. The molecular formula is C23H23NO5S. The molecule has 1 aliphatic rings. The van der Waals surface area contributed by atoms with Gasteiger partial charge in [0, 0.05) is 18.7 Å². The molecule has 1 saturated heterocycles. The lowest BCUT2D eigenvalue weighted by Crippen LogP contribution is -2.40. The summed E-state index contributed by atoms with van der Waals surface area (Å²) in [6, 6.07) is 13.7. The number of nitrogens with zero attached hydrogens (tertiary/aromatic N) is 1. The van der Waals surface area contributed by atoms with Crippen molar-refractivity contribution >= 4 is 26.7 Å². The van der Waals surface area contributed by atoms with Crippen LogP contribution in [0.25, 0.3) is 11.0 Å². The van der Waals surface area contributed by atoms with E-state index in [1.807, 2.05) is 44.2 Å². The highest BCUT2D eigenvalue weighted by molar-refractivity contribution is 7.91. The number of hydrogen-bond acceptors (Lipinski definition) is 5. The zero-order chi connectivity index (χ0) is 21.5. The quantitative estimate of drug-likeness (QED) is 0.641. The minimum Gasteiger partial charge on any atom is -0.450 e. The van der Waals surface area contributed by atoms with Crippen molar-refractivity contribution in [3.05, 3.63) is 81.2 Å². The Bertz CT molecular complexity index is 1280. The number of sulfone groups is 1. The van der Waals surface area contributed by atoms with Crippen LogP contribution in [0.3, 0.4) is 0 Å². The monoisotopic (exact) mass is 425 g/mol. The van der Waals surface area contributed by atoms with Gasteiger partial charge >= 0.3 is 0 Å². The predicted octanol–water partition coefficient (Wildman–Crippen LogP) is 3.24. The van der Waals surface area contributed by atoms with Gasteiger partial charge in [0.2, 0.25) is 0 Å². The highest BCUT2D eigenvalue weighted by Crippen LogP contribution is 2.24. The number of carbonyl (C=O) groups excluding carboxylic acids is 1. The van der Waals surface area contributed by atoms with Crippen LogP contribution >= 0.6 is 0 Å². The molecule has 7 heteroatoms. The first-order valence-corrected chi connectivity index (χ1v) is 11.7. The standard InChI is InChI=1S/C23H23NO5S/c1-15-6-8-17(9-7-15)13-24(18-10-11-30(27,28)14-18)23(26)21-12-20(25)19-5-3-4-16(2)22(19)29-21/h3-9,12,18H,10-11,13-14H2,1-2H3. The van der Waals surface area contributed by atoms with Gasteiger partial charge in [0.05, 0.1) is 16.9 Å². The Balaban J connectivity index is 1.75. The zero-order valence-corrected chi connectivity index (χ0v) is 17.7. The summed E-state index contributed by atoms with van der Waals surface area (Å²) in [5.74, 6) is -0.574. The molecule has 1 aliphatic heterocycles. The van der Waals surface area contributed by atoms with E-state index < -0.39 is 21.8 Å². The maximum Gasteiger partial charge on any atom is 0.290 e. The highest BCUT2D eigenvalue weighted by atomic mass is 32.2. The number of aryl methyl sites for hydroxylation is 2. The third kappa shape index (κ3) is 4.03. The number of carbonyl (C=O) groups is 1. The van der Waals surface area contributed by atoms with Gasteiger partial charge in [-0.1, -0.05) is 42.0 Å². The van der Waals surface area contributed by atoms with Gasteiger partial charge in [-0.15, -0.1) is 0 Å². The molecule has 4 rings (SSSR count). The summed E-state index contributed by atoms with van der Waals surface area (Å²) in [6.07, 6.45) is 0.372. The first-order chi connectivity index (χ1) is 14.2. The number of para-hydroxylation sites is 1. The fraction of sp³-hybridized carbons (Fsp3) is 0.304. The van der Waals surface area contributed by atoms with E-state index in [0.29, 0.717) is 17.4 Å². The largest absolute Gasteiger partial charge is 0.450 e. The number of benzene rings is 2. The van der Waals surface area contributed by atoms with Crippen LogP contribution in [0, 0.1) is 13.8 Å². The average Bonchev–Trinajstić information content (AvgIpc) is 3.07. The van der Waals surface area contributed by atoms with Crippen molar-refractivity contribution in [2.75, 3.05) is 11.5 Å².